The maximum Gasteiger partial charge on any atom is 0.272 e. The molecule has 170 valence electrons. The summed E-state index contributed by atoms with van der Waals surface area (Å²) in [5.74, 6) is -0.00850. The zero-order valence-electron chi connectivity index (χ0n) is 17.3. The molecule has 0 spiro atoms. The molecule has 1 heterocycles. The smallest absolute Gasteiger partial charge is 0.272 e. The highest BCUT2D eigenvalue weighted by Crippen LogP contribution is 2.33. The Kier molecular flexibility index (Phi) is 7.52. The highest BCUT2D eigenvalue weighted by molar-refractivity contribution is 9.15. The Morgan fingerprint density at radius 3 is 2.31 bits per heavy atom. The number of methoxy groups -OCH3 is 1. The molecule has 0 unspecified atom stereocenters. The van der Waals surface area contributed by atoms with E-state index in [1.165, 1.54) is 7.11 Å². The van der Waals surface area contributed by atoms with Crippen molar-refractivity contribution in [2.24, 2.45) is 0 Å². The second-order valence-electron chi connectivity index (χ2n) is 7.10. The van der Waals surface area contributed by atoms with E-state index in [-0.39, 0.29) is 20.8 Å². The van der Waals surface area contributed by atoms with Crippen LogP contribution in [-0.4, -0.2) is 44.3 Å². The van der Waals surface area contributed by atoms with E-state index in [2.05, 4.69) is 20.7 Å². The van der Waals surface area contributed by atoms with Gasteiger partial charge in [0.15, 0.2) is 0 Å². The van der Waals surface area contributed by atoms with Crippen LogP contribution in [0.5, 0.6) is 5.75 Å². The lowest BCUT2D eigenvalue weighted by Crippen LogP contribution is -2.41. The van der Waals surface area contributed by atoms with Crippen LogP contribution >= 0.6 is 15.9 Å². The lowest BCUT2D eigenvalue weighted by molar-refractivity contribution is -0.384. The number of carbonyl (C=O) groups is 1. The maximum atomic E-state index is 13.3. The fourth-order valence-electron chi connectivity index (χ4n) is 3.34. The Labute approximate surface area is 194 Å². The number of halogens is 1. The number of carbonyl (C=O) groups excluding carboxylic acids is 1. The summed E-state index contributed by atoms with van der Waals surface area (Å²) in [6, 6.07) is 11.3. The third-order valence-electron chi connectivity index (χ3n) is 5.01. The summed E-state index contributed by atoms with van der Waals surface area (Å²) in [5.41, 5.74) is 0.107. The number of hydrogen-bond acceptors (Lipinski definition) is 6. The first-order valence-corrected chi connectivity index (χ1v) is 12.1. The van der Waals surface area contributed by atoms with E-state index in [1.54, 1.807) is 29.2 Å². The van der Waals surface area contributed by atoms with Crippen LogP contribution < -0.4 is 9.46 Å². The summed E-state index contributed by atoms with van der Waals surface area (Å²) in [6.07, 6.45) is 2.67. The summed E-state index contributed by atoms with van der Waals surface area (Å²) < 4.78 is 34.1. The number of nitro groups is 1. The van der Waals surface area contributed by atoms with Crippen molar-refractivity contribution in [1.82, 2.24) is 9.62 Å². The number of benzene rings is 2. The zero-order chi connectivity index (χ0) is 23.3. The first-order chi connectivity index (χ1) is 15.2. The molecule has 1 aliphatic heterocycles. The van der Waals surface area contributed by atoms with Crippen LogP contribution in [0, 0.1) is 10.1 Å². The molecule has 1 fully saturated rings. The lowest BCUT2D eigenvalue weighted by Gasteiger charge is -2.28. The van der Waals surface area contributed by atoms with Gasteiger partial charge in [-0.3, -0.25) is 19.6 Å². The van der Waals surface area contributed by atoms with E-state index in [0.29, 0.717) is 24.4 Å². The molecule has 0 atom stereocenters. The third-order valence-corrected chi connectivity index (χ3v) is 7.20. The largest absolute Gasteiger partial charge is 0.496 e. The zero-order valence-corrected chi connectivity index (χ0v) is 19.7. The molecule has 0 aromatic heterocycles. The van der Waals surface area contributed by atoms with Gasteiger partial charge in [0.1, 0.15) is 11.4 Å². The van der Waals surface area contributed by atoms with Crippen molar-refractivity contribution in [3.63, 3.8) is 0 Å². The molecule has 3 rings (SSSR count). The molecule has 0 radical (unpaired) electrons. The van der Waals surface area contributed by atoms with Crippen molar-refractivity contribution >= 4 is 42.0 Å². The number of hydrogen-bond donors (Lipinski definition) is 1. The first-order valence-electron chi connectivity index (χ1n) is 9.84. The number of nitro benzene ring substituents is 1. The summed E-state index contributed by atoms with van der Waals surface area (Å²) >= 11 is 3.40. The first kappa shape index (κ1) is 23.7. The number of rotatable bonds is 7. The molecule has 1 N–H and O–H groups in total. The molecular formula is C21H22BrN3O6S. The van der Waals surface area contributed by atoms with Crippen LogP contribution in [0.2, 0.25) is 0 Å². The highest BCUT2D eigenvalue weighted by atomic mass is 79.9. The van der Waals surface area contributed by atoms with Crippen molar-refractivity contribution in [1.29, 1.82) is 0 Å². The van der Waals surface area contributed by atoms with Gasteiger partial charge >= 0.3 is 0 Å². The van der Waals surface area contributed by atoms with Gasteiger partial charge in [-0.25, -0.2) is 8.42 Å². The molecule has 32 heavy (non-hydrogen) atoms. The average molecular weight is 524 g/mol. The van der Waals surface area contributed by atoms with Crippen LogP contribution in [0.25, 0.3) is 4.48 Å². The molecule has 0 saturated carbocycles. The van der Waals surface area contributed by atoms with Crippen molar-refractivity contribution in [3.05, 3.63) is 69.9 Å². The fraction of sp³-hybridized carbons (Fsp3) is 0.286. The molecule has 2 aromatic rings. The second-order valence-corrected chi connectivity index (χ2v) is 9.57. The van der Waals surface area contributed by atoms with Crippen LogP contribution in [0.15, 0.2) is 59.1 Å². The molecule has 1 aliphatic rings. The normalized spacial score (nSPS) is 15.0. The van der Waals surface area contributed by atoms with E-state index in [0.717, 1.165) is 43.5 Å². The molecule has 1 amide bonds. The number of amides is 1. The third kappa shape index (κ3) is 5.28. The summed E-state index contributed by atoms with van der Waals surface area (Å²) in [7, 11) is -2.73. The highest BCUT2D eigenvalue weighted by Gasteiger charge is 2.28. The van der Waals surface area contributed by atoms with Gasteiger partial charge in [0.2, 0.25) is 0 Å². The van der Waals surface area contributed by atoms with E-state index in [4.69, 9.17) is 4.74 Å². The van der Waals surface area contributed by atoms with Crippen LogP contribution in [0.4, 0.5) is 5.69 Å². The Bertz CT molecular complexity index is 1140. The van der Waals surface area contributed by atoms with E-state index in [9.17, 15) is 23.3 Å². The minimum absolute atomic E-state index is 0.158. The lowest BCUT2D eigenvalue weighted by atomic mass is 10.1. The number of ether oxygens (including phenoxy) is 1. The average Bonchev–Trinajstić information content (AvgIpc) is 2.82. The van der Waals surface area contributed by atoms with Gasteiger partial charge in [0.05, 0.1) is 21.4 Å². The number of nitrogens with zero attached hydrogens (tertiary/aromatic N) is 2. The van der Waals surface area contributed by atoms with Gasteiger partial charge in [-0.2, -0.15) is 0 Å². The van der Waals surface area contributed by atoms with Crippen LogP contribution in [0.1, 0.15) is 24.8 Å². The Morgan fingerprint density at radius 2 is 1.72 bits per heavy atom. The van der Waals surface area contributed by atoms with Crippen LogP contribution in [-0.2, 0) is 14.8 Å². The van der Waals surface area contributed by atoms with E-state index in [1.807, 2.05) is 0 Å². The van der Waals surface area contributed by atoms with Crippen LogP contribution in [0.3, 0.4) is 0 Å². The molecule has 0 aliphatic carbocycles. The van der Waals surface area contributed by atoms with Crippen molar-refractivity contribution < 1.29 is 22.9 Å². The number of para-hydroxylation sites is 1. The van der Waals surface area contributed by atoms with Gasteiger partial charge < -0.3 is 9.64 Å². The van der Waals surface area contributed by atoms with Gasteiger partial charge in [0.25, 0.3) is 21.6 Å². The van der Waals surface area contributed by atoms with Gasteiger partial charge in [-0.1, -0.05) is 18.2 Å². The minimum Gasteiger partial charge on any atom is -0.496 e. The van der Waals surface area contributed by atoms with Gasteiger partial charge in [0, 0.05) is 30.8 Å². The predicted molar refractivity (Wildman–Crippen MR) is 123 cm³/mol. The molecule has 11 heteroatoms. The number of sulfonamides is 1. The molecule has 2 aromatic carbocycles. The van der Waals surface area contributed by atoms with Gasteiger partial charge in [-0.05, 0) is 53.4 Å². The summed E-state index contributed by atoms with van der Waals surface area (Å²) in [4.78, 5) is 25.0. The SMILES string of the molecule is COc1ccccc1/C(Br)=C(\NS(=O)(=O)c1ccc([N+](=O)[O-])cc1)C(=O)N1CCCCC1. The summed E-state index contributed by atoms with van der Waals surface area (Å²) in [5, 5.41) is 10.9. The Balaban J connectivity index is 2.05. The second kappa shape index (κ2) is 10.1. The Hall–Kier alpha value is -2.92. The molecule has 0 bridgehead atoms. The van der Waals surface area contributed by atoms with E-state index < -0.39 is 20.9 Å². The van der Waals surface area contributed by atoms with E-state index >= 15 is 0 Å². The van der Waals surface area contributed by atoms with Crippen molar-refractivity contribution in [2.45, 2.75) is 24.2 Å². The minimum atomic E-state index is -4.21. The quantitative estimate of drug-likeness (QED) is 0.336. The van der Waals surface area contributed by atoms with Crippen molar-refractivity contribution in [2.75, 3.05) is 20.2 Å². The molecular weight excluding hydrogens is 502 g/mol. The molecule has 1 saturated heterocycles. The number of nitrogens with one attached hydrogen (secondary N) is 1. The topological polar surface area (TPSA) is 119 Å². The molecule has 9 nitrogen and oxygen atoms in total. The Morgan fingerprint density at radius 1 is 1.09 bits per heavy atom. The maximum absolute atomic E-state index is 13.3. The summed E-state index contributed by atoms with van der Waals surface area (Å²) in [6.45, 7) is 1.04. The van der Waals surface area contributed by atoms with Crippen molar-refractivity contribution in [3.8, 4) is 5.75 Å². The number of piperidine rings is 1. The number of non-ortho nitro benzene ring substituents is 1. The monoisotopic (exact) mass is 523 g/mol. The van der Waals surface area contributed by atoms with Gasteiger partial charge in [-0.15, -0.1) is 0 Å². The fourth-order valence-corrected chi connectivity index (χ4v) is 5.14. The standard InChI is InChI=1S/C21H22BrN3O6S/c1-31-18-8-4-3-7-17(18)19(22)20(21(26)24-13-5-2-6-14-24)23-32(29,30)16-11-9-15(10-12-16)25(27)28/h3-4,7-12,23H,2,5-6,13-14H2,1H3/b20-19+. The number of likely N-dealkylation sites (tertiary alicyclic amines) is 1. The predicted octanol–water partition coefficient (Wildman–Crippen LogP) is 3.66.